The number of imidazole rings is 1. The third-order valence-corrected chi connectivity index (χ3v) is 5.21. The van der Waals surface area contributed by atoms with Crippen molar-refractivity contribution in [2.75, 3.05) is 19.5 Å². The minimum atomic E-state index is -0.571. The molecule has 0 fully saturated rings. The Kier molecular flexibility index (Phi) is 5.22. The zero-order chi connectivity index (χ0) is 22.3. The van der Waals surface area contributed by atoms with Gasteiger partial charge in [0, 0.05) is 5.70 Å². The van der Waals surface area contributed by atoms with Gasteiger partial charge in [0.05, 0.1) is 43.0 Å². The summed E-state index contributed by atoms with van der Waals surface area (Å²) in [6, 6.07) is 10.5. The van der Waals surface area contributed by atoms with Gasteiger partial charge >= 0.3 is 5.97 Å². The Morgan fingerprint density at radius 3 is 2.42 bits per heavy atom. The van der Waals surface area contributed by atoms with Crippen LogP contribution >= 0.6 is 0 Å². The number of anilines is 1. The predicted molar refractivity (Wildman–Crippen MR) is 117 cm³/mol. The first kappa shape index (κ1) is 20.6. The molecule has 0 bridgehead atoms. The first-order chi connectivity index (χ1) is 14.8. The predicted octanol–water partition coefficient (Wildman–Crippen LogP) is 4.00. The van der Waals surface area contributed by atoms with Crippen molar-refractivity contribution in [3.63, 3.8) is 0 Å². The molecule has 0 aliphatic carbocycles. The molecule has 0 saturated heterocycles. The van der Waals surface area contributed by atoms with Gasteiger partial charge in [-0.1, -0.05) is 12.1 Å². The Labute approximate surface area is 180 Å². The van der Waals surface area contributed by atoms with Crippen molar-refractivity contribution in [2.45, 2.75) is 32.9 Å². The van der Waals surface area contributed by atoms with Crippen LogP contribution in [-0.2, 0) is 9.53 Å². The van der Waals surface area contributed by atoms with E-state index >= 15 is 0 Å². The van der Waals surface area contributed by atoms with Crippen molar-refractivity contribution < 1.29 is 24.1 Å². The smallest absolute Gasteiger partial charge is 0.338 e. The molecule has 1 aliphatic rings. The Balaban J connectivity index is 2.01. The number of hydrogen-bond donors (Lipinski definition) is 2. The highest BCUT2D eigenvalue weighted by atomic mass is 16.5. The van der Waals surface area contributed by atoms with Crippen LogP contribution in [0, 0.1) is 0 Å². The van der Waals surface area contributed by atoms with E-state index in [0.717, 1.165) is 11.0 Å². The van der Waals surface area contributed by atoms with Crippen molar-refractivity contribution in [3.8, 4) is 17.2 Å². The van der Waals surface area contributed by atoms with Crippen LogP contribution in [0.1, 0.15) is 32.4 Å². The summed E-state index contributed by atoms with van der Waals surface area (Å²) in [4.78, 5) is 17.9. The van der Waals surface area contributed by atoms with Crippen LogP contribution in [0.25, 0.3) is 11.0 Å². The summed E-state index contributed by atoms with van der Waals surface area (Å²) in [5.74, 6) is 0.557. The van der Waals surface area contributed by atoms with Crippen molar-refractivity contribution >= 4 is 23.0 Å². The number of rotatable bonds is 5. The monoisotopic (exact) mass is 423 g/mol. The highest BCUT2D eigenvalue weighted by Gasteiger charge is 2.36. The van der Waals surface area contributed by atoms with E-state index in [9.17, 15) is 9.90 Å². The second-order valence-corrected chi connectivity index (χ2v) is 7.59. The number of carbonyl (C=O) groups excluding carboxylic acids is 1. The Hall–Kier alpha value is -3.68. The molecule has 1 aromatic heterocycles. The second-order valence-electron chi connectivity index (χ2n) is 7.59. The molecular weight excluding hydrogens is 398 g/mol. The molecule has 0 radical (unpaired) electrons. The number of para-hydroxylation sites is 2. The Morgan fingerprint density at radius 1 is 1.16 bits per heavy atom. The van der Waals surface area contributed by atoms with Crippen LogP contribution in [0.4, 0.5) is 5.95 Å². The van der Waals surface area contributed by atoms with Gasteiger partial charge in [-0.05, 0) is 50.6 Å². The third kappa shape index (κ3) is 3.43. The van der Waals surface area contributed by atoms with E-state index in [0.29, 0.717) is 22.8 Å². The molecule has 4 rings (SSSR count). The Morgan fingerprint density at radius 2 is 1.81 bits per heavy atom. The van der Waals surface area contributed by atoms with Crippen LogP contribution in [-0.4, -0.2) is 41.0 Å². The Bertz CT molecular complexity index is 1170. The number of carbonyl (C=O) groups is 1. The number of fused-ring (bicyclic) bond motifs is 3. The molecule has 2 aromatic carbocycles. The highest BCUT2D eigenvalue weighted by Crippen LogP contribution is 2.45. The van der Waals surface area contributed by atoms with E-state index in [-0.39, 0.29) is 23.4 Å². The van der Waals surface area contributed by atoms with Gasteiger partial charge in [0.25, 0.3) is 0 Å². The van der Waals surface area contributed by atoms with E-state index in [1.807, 2.05) is 49.6 Å². The third-order valence-electron chi connectivity index (χ3n) is 5.21. The number of methoxy groups -OCH3 is 2. The van der Waals surface area contributed by atoms with Gasteiger partial charge in [-0.3, -0.25) is 4.57 Å². The number of nitrogens with one attached hydrogen (secondary N) is 1. The SMILES string of the molecule is COc1cc([C@H]2C(C(=O)OC(C)C)=C(C)Nc3nc4ccccc4n32)cc(OC)c1O. The molecule has 31 heavy (non-hydrogen) atoms. The quantitative estimate of drug-likeness (QED) is 0.599. The number of esters is 1. The summed E-state index contributed by atoms with van der Waals surface area (Å²) in [5, 5.41) is 13.6. The number of benzene rings is 2. The maximum Gasteiger partial charge on any atom is 0.338 e. The van der Waals surface area contributed by atoms with Crippen LogP contribution in [0.5, 0.6) is 17.2 Å². The van der Waals surface area contributed by atoms with Gasteiger partial charge in [-0.2, -0.15) is 0 Å². The topological polar surface area (TPSA) is 94.8 Å². The fourth-order valence-electron chi connectivity index (χ4n) is 3.89. The average molecular weight is 423 g/mol. The van der Waals surface area contributed by atoms with E-state index in [4.69, 9.17) is 19.2 Å². The summed E-state index contributed by atoms with van der Waals surface area (Å²) in [6.45, 7) is 5.44. The maximum atomic E-state index is 13.2. The fraction of sp³-hybridized carbons (Fsp3) is 0.304. The summed E-state index contributed by atoms with van der Waals surface area (Å²) >= 11 is 0. The van der Waals surface area contributed by atoms with Gasteiger partial charge in [0.1, 0.15) is 0 Å². The normalized spacial score (nSPS) is 15.6. The molecule has 2 heterocycles. The van der Waals surface area contributed by atoms with E-state index in [2.05, 4.69) is 5.32 Å². The van der Waals surface area contributed by atoms with Crippen molar-refractivity contribution in [1.82, 2.24) is 9.55 Å². The summed E-state index contributed by atoms with van der Waals surface area (Å²) in [6.07, 6.45) is -0.279. The first-order valence-corrected chi connectivity index (χ1v) is 9.96. The van der Waals surface area contributed by atoms with Crippen molar-refractivity contribution in [2.24, 2.45) is 0 Å². The fourth-order valence-corrected chi connectivity index (χ4v) is 3.89. The molecule has 1 aliphatic heterocycles. The number of aromatic nitrogens is 2. The number of phenolic OH excluding ortho intramolecular Hbond substituents is 1. The average Bonchev–Trinajstić information content (AvgIpc) is 3.10. The van der Waals surface area contributed by atoms with Crippen molar-refractivity contribution in [1.29, 1.82) is 0 Å². The lowest BCUT2D eigenvalue weighted by atomic mass is 9.94. The molecule has 0 amide bonds. The zero-order valence-electron chi connectivity index (χ0n) is 18.1. The molecule has 8 heteroatoms. The molecule has 162 valence electrons. The number of aromatic hydroxyl groups is 1. The summed E-state index contributed by atoms with van der Waals surface area (Å²) in [7, 11) is 2.93. The van der Waals surface area contributed by atoms with Crippen molar-refractivity contribution in [3.05, 3.63) is 53.2 Å². The number of allylic oxidation sites excluding steroid dienone is 1. The minimum absolute atomic E-state index is 0.106. The largest absolute Gasteiger partial charge is 0.502 e. The lowest BCUT2D eigenvalue weighted by Crippen LogP contribution is -2.30. The molecule has 1 atom stereocenters. The number of phenols is 1. The maximum absolute atomic E-state index is 13.2. The number of hydrogen-bond acceptors (Lipinski definition) is 7. The van der Waals surface area contributed by atoms with Gasteiger partial charge in [-0.25, -0.2) is 9.78 Å². The van der Waals surface area contributed by atoms with Crippen LogP contribution in [0.3, 0.4) is 0 Å². The molecule has 3 aromatic rings. The standard InChI is InChI=1S/C23H25N3O5/c1-12(2)31-22(28)19-13(3)24-23-25-15-8-6-7-9-16(15)26(23)20(19)14-10-17(29-4)21(27)18(11-14)30-5/h6-12,20,27H,1-5H3,(H,24,25)/t20-/m0/s1. The van der Waals surface area contributed by atoms with Gasteiger partial charge in [-0.15, -0.1) is 0 Å². The van der Waals surface area contributed by atoms with Crippen LogP contribution in [0.15, 0.2) is 47.7 Å². The lowest BCUT2D eigenvalue weighted by Gasteiger charge is -2.31. The summed E-state index contributed by atoms with van der Waals surface area (Å²) in [5.41, 5.74) is 3.42. The molecule has 0 spiro atoms. The van der Waals surface area contributed by atoms with Gasteiger partial charge in [0.15, 0.2) is 11.5 Å². The summed E-state index contributed by atoms with van der Waals surface area (Å²) < 4.78 is 18.2. The second kappa shape index (κ2) is 7.86. The van der Waals surface area contributed by atoms with Crippen LogP contribution in [0.2, 0.25) is 0 Å². The molecular formula is C23H25N3O5. The highest BCUT2D eigenvalue weighted by molar-refractivity contribution is 5.94. The number of nitrogens with zero attached hydrogens (tertiary/aromatic N) is 2. The minimum Gasteiger partial charge on any atom is -0.502 e. The first-order valence-electron chi connectivity index (χ1n) is 9.96. The molecule has 0 unspecified atom stereocenters. The van der Waals surface area contributed by atoms with Crippen LogP contribution < -0.4 is 14.8 Å². The van der Waals surface area contributed by atoms with Gasteiger partial charge < -0.3 is 24.6 Å². The zero-order valence-corrected chi connectivity index (χ0v) is 18.1. The number of ether oxygens (including phenoxy) is 3. The van der Waals surface area contributed by atoms with Gasteiger partial charge in [0.2, 0.25) is 11.7 Å². The van der Waals surface area contributed by atoms with E-state index in [1.165, 1.54) is 14.2 Å². The molecule has 2 N–H and O–H groups in total. The lowest BCUT2D eigenvalue weighted by molar-refractivity contribution is -0.143. The van der Waals surface area contributed by atoms with E-state index in [1.54, 1.807) is 12.1 Å². The molecule has 0 saturated carbocycles. The molecule has 8 nitrogen and oxygen atoms in total. The van der Waals surface area contributed by atoms with E-state index < -0.39 is 12.0 Å².